The summed E-state index contributed by atoms with van der Waals surface area (Å²) < 4.78 is 13.9. The van der Waals surface area contributed by atoms with Gasteiger partial charge in [0, 0.05) is 54.1 Å². The fourth-order valence-corrected chi connectivity index (χ4v) is 5.82. The molecular formula is C34H32FN3O. The maximum atomic E-state index is 13.9. The molecule has 0 amide bonds. The standard InChI is InChI=1S/C34H32FN3O/c1-23-20-25(34-24(2)31(22-39)30-21-26(35)13-15-32(30)36-34)12-14-28(23)29-10-6-7-11-33(29)38-18-16-37(17-19-38)27-8-4-3-5-9-27/h3-15,20-21,39H,16-19,22H2,1-2H3. The Hall–Kier alpha value is -4.22. The van der Waals surface area contributed by atoms with Crippen LogP contribution in [-0.2, 0) is 6.61 Å². The summed E-state index contributed by atoms with van der Waals surface area (Å²) in [6, 6.07) is 30.3. The zero-order chi connectivity index (χ0) is 26.9. The summed E-state index contributed by atoms with van der Waals surface area (Å²) in [6.07, 6.45) is 0. The molecule has 1 saturated heterocycles. The second kappa shape index (κ2) is 10.5. The molecule has 2 heterocycles. The molecule has 4 nitrogen and oxygen atoms in total. The Morgan fingerprint density at radius 1 is 0.769 bits per heavy atom. The lowest BCUT2D eigenvalue weighted by molar-refractivity contribution is 0.282. The average molecular weight is 518 g/mol. The molecule has 0 radical (unpaired) electrons. The van der Waals surface area contributed by atoms with E-state index in [0.717, 1.165) is 54.1 Å². The van der Waals surface area contributed by atoms with Crippen LogP contribution in [0.25, 0.3) is 33.3 Å². The van der Waals surface area contributed by atoms with Gasteiger partial charge in [-0.3, -0.25) is 0 Å². The van der Waals surface area contributed by atoms with E-state index < -0.39 is 0 Å². The normalized spacial score (nSPS) is 13.7. The average Bonchev–Trinajstić information content (AvgIpc) is 2.97. The molecule has 1 fully saturated rings. The number of hydrogen-bond acceptors (Lipinski definition) is 4. The third-order valence-corrected chi connectivity index (χ3v) is 7.92. The van der Waals surface area contributed by atoms with Gasteiger partial charge in [-0.2, -0.15) is 0 Å². The van der Waals surface area contributed by atoms with E-state index in [2.05, 4.69) is 89.5 Å². The van der Waals surface area contributed by atoms with Gasteiger partial charge in [0.1, 0.15) is 5.82 Å². The van der Waals surface area contributed by atoms with Gasteiger partial charge in [-0.1, -0.05) is 48.5 Å². The highest BCUT2D eigenvalue weighted by molar-refractivity contribution is 5.88. The Labute approximate surface area is 229 Å². The Morgan fingerprint density at radius 2 is 1.49 bits per heavy atom. The number of nitrogens with zero attached hydrogens (tertiary/aromatic N) is 3. The number of fused-ring (bicyclic) bond motifs is 1. The number of aliphatic hydroxyl groups excluding tert-OH is 1. The first kappa shape index (κ1) is 25.1. The fourth-order valence-electron chi connectivity index (χ4n) is 5.82. The number of aryl methyl sites for hydroxylation is 1. The van der Waals surface area contributed by atoms with Gasteiger partial charge in [0.15, 0.2) is 0 Å². The summed E-state index contributed by atoms with van der Waals surface area (Å²) >= 11 is 0. The zero-order valence-electron chi connectivity index (χ0n) is 22.4. The lowest BCUT2D eigenvalue weighted by Crippen LogP contribution is -2.46. The van der Waals surface area contributed by atoms with E-state index in [-0.39, 0.29) is 12.4 Å². The molecule has 0 bridgehead atoms. The van der Waals surface area contributed by atoms with E-state index in [1.165, 1.54) is 34.6 Å². The Bertz CT molecular complexity index is 1640. The minimum absolute atomic E-state index is 0.163. The Balaban J connectivity index is 1.32. The van der Waals surface area contributed by atoms with E-state index in [1.807, 2.05) is 6.92 Å². The van der Waals surface area contributed by atoms with Gasteiger partial charge >= 0.3 is 0 Å². The van der Waals surface area contributed by atoms with Crippen molar-refractivity contribution >= 4 is 22.3 Å². The first-order valence-corrected chi connectivity index (χ1v) is 13.5. The van der Waals surface area contributed by atoms with Crippen LogP contribution in [-0.4, -0.2) is 36.3 Å². The third kappa shape index (κ3) is 4.75. The van der Waals surface area contributed by atoms with Crippen molar-refractivity contribution in [3.63, 3.8) is 0 Å². The summed E-state index contributed by atoms with van der Waals surface area (Å²) in [4.78, 5) is 9.81. The first-order chi connectivity index (χ1) is 19.0. The van der Waals surface area contributed by atoms with E-state index >= 15 is 0 Å². The summed E-state index contributed by atoms with van der Waals surface area (Å²) in [6.45, 7) is 7.83. The van der Waals surface area contributed by atoms with Crippen LogP contribution in [0.15, 0.2) is 91.0 Å². The number of para-hydroxylation sites is 2. The van der Waals surface area contributed by atoms with Crippen molar-refractivity contribution in [2.45, 2.75) is 20.5 Å². The molecular weight excluding hydrogens is 485 g/mol. The zero-order valence-corrected chi connectivity index (χ0v) is 22.4. The molecule has 5 aromatic rings. The van der Waals surface area contributed by atoms with Crippen molar-refractivity contribution in [2.75, 3.05) is 36.0 Å². The van der Waals surface area contributed by atoms with E-state index in [0.29, 0.717) is 10.9 Å². The minimum Gasteiger partial charge on any atom is -0.392 e. The highest BCUT2D eigenvalue weighted by Crippen LogP contribution is 2.37. The Kier molecular flexibility index (Phi) is 6.76. The number of anilines is 2. The molecule has 4 aromatic carbocycles. The maximum absolute atomic E-state index is 13.9. The molecule has 0 aliphatic carbocycles. The van der Waals surface area contributed by atoms with Crippen LogP contribution in [0.3, 0.4) is 0 Å². The monoisotopic (exact) mass is 517 g/mol. The molecule has 1 N–H and O–H groups in total. The molecule has 0 spiro atoms. The fraction of sp³-hybridized carbons (Fsp3) is 0.206. The first-order valence-electron chi connectivity index (χ1n) is 13.5. The number of benzene rings is 4. The molecule has 5 heteroatoms. The Morgan fingerprint density at radius 3 is 2.23 bits per heavy atom. The van der Waals surface area contributed by atoms with Gasteiger partial charge in [0.05, 0.1) is 17.8 Å². The smallest absolute Gasteiger partial charge is 0.123 e. The summed E-state index contributed by atoms with van der Waals surface area (Å²) in [7, 11) is 0. The number of piperazine rings is 1. The van der Waals surface area contributed by atoms with Crippen LogP contribution < -0.4 is 9.80 Å². The van der Waals surface area contributed by atoms with Gasteiger partial charge in [-0.25, -0.2) is 9.37 Å². The molecule has 196 valence electrons. The van der Waals surface area contributed by atoms with Gasteiger partial charge in [0.2, 0.25) is 0 Å². The van der Waals surface area contributed by atoms with Crippen molar-refractivity contribution in [1.29, 1.82) is 0 Å². The second-order valence-corrected chi connectivity index (χ2v) is 10.2. The summed E-state index contributed by atoms with van der Waals surface area (Å²) in [5.74, 6) is -0.327. The van der Waals surface area contributed by atoms with Crippen LogP contribution in [0.4, 0.5) is 15.8 Å². The maximum Gasteiger partial charge on any atom is 0.123 e. The number of pyridine rings is 1. The number of hydrogen-bond donors (Lipinski definition) is 1. The van der Waals surface area contributed by atoms with Crippen LogP contribution in [0.5, 0.6) is 0 Å². The van der Waals surface area contributed by atoms with Crippen molar-refractivity contribution in [1.82, 2.24) is 4.98 Å². The molecule has 0 saturated carbocycles. The largest absolute Gasteiger partial charge is 0.392 e. The number of aromatic nitrogens is 1. The van der Waals surface area contributed by atoms with Gasteiger partial charge in [0.25, 0.3) is 0 Å². The summed E-state index contributed by atoms with van der Waals surface area (Å²) in [5, 5.41) is 10.8. The SMILES string of the molecule is Cc1cc(-c2nc3ccc(F)cc3c(CO)c2C)ccc1-c1ccccc1N1CCN(c2ccccc2)CC1. The molecule has 6 rings (SSSR count). The van der Waals surface area contributed by atoms with Gasteiger partial charge in [-0.05, 0) is 78.6 Å². The molecule has 0 atom stereocenters. The second-order valence-electron chi connectivity index (χ2n) is 10.2. The lowest BCUT2D eigenvalue weighted by Gasteiger charge is -2.38. The van der Waals surface area contributed by atoms with Crippen molar-refractivity contribution in [2.24, 2.45) is 0 Å². The van der Waals surface area contributed by atoms with Crippen molar-refractivity contribution < 1.29 is 9.50 Å². The topological polar surface area (TPSA) is 39.6 Å². The third-order valence-electron chi connectivity index (χ3n) is 7.92. The van der Waals surface area contributed by atoms with E-state index in [9.17, 15) is 9.50 Å². The predicted octanol–water partition coefficient (Wildman–Crippen LogP) is 7.14. The van der Waals surface area contributed by atoms with E-state index in [4.69, 9.17) is 4.98 Å². The van der Waals surface area contributed by atoms with Gasteiger partial charge in [-0.15, -0.1) is 0 Å². The highest BCUT2D eigenvalue weighted by Gasteiger charge is 2.21. The lowest BCUT2D eigenvalue weighted by atomic mass is 9.93. The summed E-state index contributed by atoms with van der Waals surface area (Å²) in [5.41, 5.74) is 10.2. The highest BCUT2D eigenvalue weighted by atomic mass is 19.1. The van der Waals surface area contributed by atoms with Gasteiger partial charge < -0.3 is 14.9 Å². The van der Waals surface area contributed by atoms with Crippen LogP contribution >= 0.6 is 0 Å². The van der Waals surface area contributed by atoms with Crippen LogP contribution in [0.1, 0.15) is 16.7 Å². The predicted molar refractivity (Wildman–Crippen MR) is 159 cm³/mol. The van der Waals surface area contributed by atoms with E-state index in [1.54, 1.807) is 6.07 Å². The van der Waals surface area contributed by atoms with Crippen LogP contribution in [0.2, 0.25) is 0 Å². The molecule has 39 heavy (non-hydrogen) atoms. The number of halogens is 1. The van der Waals surface area contributed by atoms with Crippen LogP contribution in [0, 0.1) is 19.7 Å². The quantitative estimate of drug-likeness (QED) is 0.269. The van der Waals surface area contributed by atoms with Crippen molar-refractivity contribution in [3.05, 3.63) is 114 Å². The van der Waals surface area contributed by atoms with Crippen molar-refractivity contribution in [3.8, 4) is 22.4 Å². The molecule has 1 aliphatic rings. The molecule has 1 aromatic heterocycles. The minimum atomic E-state index is -0.327. The number of aliphatic hydroxyl groups is 1. The number of rotatable bonds is 5. The molecule has 1 aliphatic heterocycles. The molecule has 0 unspecified atom stereocenters.